The summed E-state index contributed by atoms with van der Waals surface area (Å²) in [7, 11) is 1.68. The lowest BCUT2D eigenvalue weighted by atomic mass is 10.0. The minimum atomic E-state index is -0.596. The normalized spacial score (nSPS) is 12.0. The number of nitrogens with one attached hydrogen (secondary N) is 1. The van der Waals surface area contributed by atoms with E-state index < -0.39 is 6.67 Å². The number of ether oxygens (including phenoxy) is 1. The van der Waals surface area contributed by atoms with Crippen LogP contribution in [-0.4, -0.2) is 39.6 Å². The molecule has 2 aromatic heterocycles. The van der Waals surface area contributed by atoms with Crippen LogP contribution < -0.4 is 4.74 Å². The van der Waals surface area contributed by atoms with Crippen LogP contribution in [0.3, 0.4) is 0 Å². The highest BCUT2D eigenvalue weighted by Crippen LogP contribution is 2.32. The molecule has 2 heterocycles. The zero-order chi connectivity index (χ0) is 23.5. The SMILES string of the molecule is CCOc1nc(C(=O)N(C)[C@H](C)c2ccc(CF)c3cn[nH]c23)ccc1-c1cccc(F)c1. The number of hydrogen-bond donors (Lipinski definition) is 1. The second-order valence-corrected chi connectivity index (χ2v) is 7.69. The number of benzene rings is 2. The molecule has 0 bridgehead atoms. The first-order valence-electron chi connectivity index (χ1n) is 10.6. The number of rotatable bonds is 7. The molecule has 1 atom stereocenters. The molecule has 0 aliphatic heterocycles. The third-order valence-electron chi connectivity index (χ3n) is 5.73. The van der Waals surface area contributed by atoms with Crippen LogP contribution in [0.15, 0.2) is 54.7 Å². The number of aromatic amines is 1. The Kier molecular flexibility index (Phi) is 6.35. The molecule has 0 spiro atoms. The van der Waals surface area contributed by atoms with Gasteiger partial charge in [0.15, 0.2) is 0 Å². The van der Waals surface area contributed by atoms with Gasteiger partial charge in [-0.05, 0) is 49.2 Å². The molecule has 0 saturated heterocycles. The second-order valence-electron chi connectivity index (χ2n) is 7.69. The van der Waals surface area contributed by atoms with Gasteiger partial charge in [0.1, 0.15) is 18.2 Å². The molecule has 0 saturated carbocycles. The summed E-state index contributed by atoms with van der Waals surface area (Å²) in [6, 6.07) is 12.6. The van der Waals surface area contributed by atoms with E-state index in [-0.39, 0.29) is 29.3 Å². The van der Waals surface area contributed by atoms with E-state index in [9.17, 15) is 13.6 Å². The fourth-order valence-corrected chi connectivity index (χ4v) is 3.83. The molecule has 4 rings (SSSR count). The molecule has 0 fully saturated rings. The Bertz CT molecular complexity index is 1300. The average Bonchev–Trinajstić information content (AvgIpc) is 3.32. The van der Waals surface area contributed by atoms with E-state index in [4.69, 9.17) is 4.74 Å². The number of alkyl halides is 1. The standard InChI is InChI=1S/C25H24F2N4O2/c1-4-33-24-20(16-6-5-7-18(27)12-16)10-11-22(29-24)25(32)31(3)15(2)19-9-8-17(13-26)21-14-28-30-23(19)21/h5-12,14-15H,4,13H2,1-3H3,(H,28,30)/t15-/m1/s1. The van der Waals surface area contributed by atoms with Crippen molar-refractivity contribution >= 4 is 16.8 Å². The summed E-state index contributed by atoms with van der Waals surface area (Å²) < 4.78 is 32.7. The number of amides is 1. The summed E-state index contributed by atoms with van der Waals surface area (Å²) in [4.78, 5) is 19.3. The smallest absolute Gasteiger partial charge is 0.272 e. The van der Waals surface area contributed by atoms with Crippen LogP contribution in [0.4, 0.5) is 8.78 Å². The summed E-state index contributed by atoms with van der Waals surface area (Å²) >= 11 is 0. The van der Waals surface area contributed by atoms with Crippen molar-refractivity contribution in [3.63, 3.8) is 0 Å². The molecule has 0 aliphatic carbocycles. The van der Waals surface area contributed by atoms with E-state index in [2.05, 4.69) is 15.2 Å². The number of hydrogen-bond acceptors (Lipinski definition) is 4. The molecule has 2 aromatic carbocycles. The van der Waals surface area contributed by atoms with Gasteiger partial charge < -0.3 is 9.64 Å². The maximum absolute atomic E-state index is 13.7. The minimum absolute atomic E-state index is 0.203. The molecule has 4 aromatic rings. The van der Waals surface area contributed by atoms with E-state index in [1.165, 1.54) is 12.1 Å². The highest BCUT2D eigenvalue weighted by molar-refractivity contribution is 5.94. The van der Waals surface area contributed by atoms with Gasteiger partial charge in [-0.3, -0.25) is 9.89 Å². The third-order valence-corrected chi connectivity index (χ3v) is 5.73. The first kappa shape index (κ1) is 22.4. The van der Waals surface area contributed by atoms with Gasteiger partial charge in [0.05, 0.1) is 24.4 Å². The first-order valence-corrected chi connectivity index (χ1v) is 10.6. The van der Waals surface area contributed by atoms with Crippen LogP contribution in [0.1, 0.15) is 41.5 Å². The lowest BCUT2D eigenvalue weighted by Gasteiger charge is -2.26. The highest BCUT2D eigenvalue weighted by atomic mass is 19.1. The van der Waals surface area contributed by atoms with Crippen molar-refractivity contribution in [1.82, 2.24) is 20.1 Å². The van der Waals surface area contributed by atoms with Gasteiger partial charge in [-0.15, -0.1) is 0 Å². The largest absolute Gasteiger partial charge is 0.478 e. The van der Waals surface area contributed by atoms with E-state index in [1.54, 1.807) is 54.5 Å². The zero-order valence-electron chi connectivity index (χ0n) is 18.6. The van der Waals surface area contributed by atoms with Crippen LogP contribution in [0.2, 0.25) is 0 Å². The number of carbonyl (C=O) groups excluding carboxylic acids is 1. The number of H-pyrrole nitrogens is 1. The predicted molar refractivity (Wildman–Crippen MR) is 122 cm³/mol. The van der Waals surface area contributed by atoms with Crippen molar-refractivity contribution in [2.75, 3.05) is 13.7 Å². The molecule has 1 amide bonds. The average molecular weight is 450 g/mol. The number of pyridine rings is 1. The van der Waals surface area contributed by atoms with Crippen molar-refractivity contribution in [1.29, 1.82) is 0 Å². The lowest BCUT2D eigenvalue weighted by Crippen LogP contribution is -2.30. The van der Waals surface area contributed by atoms with Crippen molar-refractivity contribution in [3.05, 3.63) is 77.4 Å². The minimum Gasteiger partial charge on any atom is -0.478 e. The summed E-state index contributed by atoms with van der Waals surface area (Å²) in [5, 5.41) is 7.65. The van der Waals surface area contributed by atoms with Gasteiger partial charge in [-0.25, -0.2) is 13.8 Å². The lowest BCUT2D eigenvalue weighted by molar-refractivity contribution is 0.0736. The van der Waals surface area contributed by atoms with Crippen LogP contribution in [-0.2, 0) is 6.67 Å². The Morgan fingerprint density at radius 1 is 1.21 bits per heavy atom. The van der Waals surface area contributed by atoms with Gasteiger partial charge in [-0.2, -0.15) is 5.10 Å². The molecule has 0 unspecified atom stereocenters. The highest BCUT2D eigenvalue weighted by Gasteiger charge is 2.24. The zero-order valence-corrected chi connectivity index (χ0v) is 18.6. The number of carbonyl (C=O) groups is 1. The van der Waals surface area contributed by atoms with E-state index in [1.807, 2.05) is 13.8 Å². The summed E-state index contributed by atoms with van der Waals surface area (Å²) in [6.07, 6.45) is 1.59. The monoisotopic (exact) mass is 450 g/mol. The summed E-state index contributed by atoms with van der Waals surface area (Å²) in [5.41, 5.74) is 3.47. The third kappa shape index (κ3) is 4.28. The number of aromatic nitrogens is 3. The van der Waals surface area contributed by atoms with Gasteiger partial charge in [-0.1, -0.05) is 24.3 Å². The molecule has 0 aliphatic rings. The van der Waals surface area contributed by atoms with Crippen LogP contribution >= 0.6 is 0 Å². The summed E-state index contributed by atoms with van der Waals surface area (Å²) in [5.74, 6) is -0.415. The van der Waals surface area contributed by atoms with Gasteiger partial charge >= 0.3 is 0 Å². The van der Waals surface area contributed by atoms with Gasteiger partial charge in [0.25, 0.3) is 5.91 Å². The topological polar surface area (TPSA) is 71.1 Å². The van der Waals surface area contributed by atoms with Crippen LogP contribution in [0.5, 0.6) is 5.88 Å². The molecule has 33 heavy (non-hydrogen) atoms. The van der Waals surface area contributed by atoms with Gasteiger partial charge in [0, 0.05) is 23.6 Å². The Labute approximate surface area is 190 Å². The summed E-state index contributed by atoms with van der Waals surface area (Å²) in [6.45, 7) is 3.45. The predicted octanol–water partition coefficient (Wildman–Crippen LogP) is 5.47. The second kappa shape index (κ2) is 9.36. The van der Waals surface area contributed by atoms with Crippen molar-refractivity contribution in [3.8, 4) is 17.0 Å². The van der Waals surface area contributed by atoms with E-state index in [0.717, 1.165) is 5.56 Å². The molecular formula is C25H24F2N4O2. The molecule has 0 radical (unpaired) electrons. The molecule has 170 valence electrons. The van der Waals surface area contributed by atoms with Gasteiger partial charge in [0.2, 0.25) is 5.88 Å². The Hall–Kier alpha value is -3.81. The maximum atomic E-state index is 13.7. The Morgan fingerprint density at radius 3 is 2.76 bits per heavy atom. The number of halogens is 2. The fourth-order valence-electron chi connectivity index (χ4n) is 3.83. The van der Waals surface area contributed by atoms with Crippen LogP contribution in [0, 0.1) is 5.82 Å². The van der Waals surface area contributed by atoms with E-state index >= 15 is 0 Å². The van der Waals surface area contributed by atoms with Crippen LogP contribution in [0.25, 0.3) is 22.0 Å². The van der Waals surface area contributed by atoms with Crippen molar-refractivity contribution in [2.45, 2.75) is 26.6 Å². The number of fused-ring (bicyclic) bond motifs is 1. The Balaban J connectivity index is 1.66. The van der Waals surface area contributed by atoms with Crippen molar-refractivity contribution < 1.29 is 18.3 Å². The quantitative estimate of drug-likeness (QED) is 0.406. The molecular weight excluding hydrogens is 426 g/mol. The maximum Gasteiger partial charge on any atom is 0.272 e. The first-order chi connectivity index (χ1) is 15.9. The molecule has 6 nitrogen and oxygen atoms in total. The fraction of sp³-hybridized carbons (Fsp3) is 0.240. The molecule has 8 heteroatoms. The van der Waals surface area contributed by atoms with Crippen molar-refractivity contribution in [2.24, 2.45) is 0 Å². The Morgan fingerprint density at radius 2 is 2.03 bits per heavy atom. The number of nitrogens with zero attached hydrogens (tertiary/aromatic N) is 3. The van der Waals surface area contributed by atoms with E-state index in [0.29, 0.717) is 34.2 Å². The molecule has 1 N–H and O–H groups in total.